The topological polar surface area (TPSA) is 144 Å². The van der Waals surface area contributed by atoms with E-state index in [2.05, 4.69) is 9.97 Å². The van der Waals surface area contributed by atoms with Crippen LogP contribution in [0.5, 0.6) is 0 Å². The molecule has 0 bridgehead atoms. The summed E-state index contributed by atoms with van der Waals surface area (Å²) < 4.78 is 0. The van der Waals surface area contributed by atoms with E-state index in [4.69, 9.17) is 9.90 Å². The number of nitrogens with one attached hydrogen (secondary N) is 1. The molecule has 0 saturated carbocycles. The molecule has 3 rings (SSSR count). The number of rotatable bonds is 5. The van der Waals surface area contributed by atoms with Gasteiger partial charge in [-0.1, -0.05) is 6.92 Å². The van der Waals surface area contributed by atoms with Crippen molar-refractivity contribution in [3.63, 3.8) is 0 Å². The predicted molar refractivity (Wildman–Crippen MR) is 108 cm³/mol. The number of hydrogen-bond acceptors (Lipinski definition) is 6. The number of carbonyl (C=O) groups excluding carboxylic acids is 2. The Balaban J connectivity index is 0.00000101. The number of carbonyl (C=O) groups is 3. The van der Waals surface area contributed by atoms with Gasteiger partial charge in [0.1, 0.15) is 5.82 Å². The molecule has 0 aliphatic carbocycles. The molecule has 3 N–H and O–H groups in total. The Labute approximate surface area is 174 Å². The van der Waals surface area contributed by atoms with Crippen molar-refractivity contribution in [1.29, 1.82) is 0 Å². The number of amides is 2. The highest BCUT2D eigenvalue weighted by Gasteiger charge is 2.53. The average Bonchev–Trinajstić information content (AvgIpc) is 3.20. The van der Waals surface area contributed by atoms with Gasteiger partial charge in [0, 0.05) is 55.2 Å². The first-order chi connectivity index (χ1) is 14.2. The van der Waals surface area contributed by atoms with Crippen LogP contribution < -0.4 is 5.56 Å². The molecule has 0 unspecified atom stereocenters. The summed E-state index contributed by atoms with van der Waals surface area (Å²) in [4.78, 5) is 56.0. The van der Waals surface area contributed by atoms with Crippen molar-refractivity contribution in [1.82, 2.24) is 19.8 Å². The molecule has 0 spiro atoms. The summed E-state index contributed by atoms with van der Waals surface area (Å²) in [6, 6.07) is 0. The lowest BCUT2D eigenvalue weighted by atomic mass is 9.82. The molecule has 2 atom stereocenters. The first-order valence-electron chi connectivity index (χ1n) is 10.0. The number of hydrogen-bond donors (Lipinski definition) is 3. The van der Waals surface area contributed by atoms with Crippen LogP contribution in [-0.4, -0.2) is 81.1 Å². The van der Waals surface area contributed by atoms with E-state index in [1.165, 1.54) is 0 Å². The molecule has 3 heterocycles. The molecule has 0 radical (unpaired) electrons. The normalized spacial score (nSPS) is 22.3. The highest BCUT2D eigenvalue weighted by molar-refractivity contribution is 5.80. The Bertz CT molecular complexity index is 854. The number of aromatic nitrogens is 2. The molecule has 30 heavy (non-hydrogen) atoms. The Morgan fingerprint density at radius 3 is 2.27 bits per heavy atom. The van der Waals surface area contributed by atoms with Gasteiger partial charge in [-0.25, -0.2) is 4.98 Å². The minimum absolute atomic E-state index is 0.00115. The van der Waals surface area contributed by atoms with Crippen LogP contribution in [0.2, 0.25) is 0 Å². The van der Waals surface area contributed by atoms with Crippen LogP contribution in [-0.2, 0) is 20.8 Å². The van der Waals surface area contributed by atoms with Gasteiger partial charge in [0.2, 0.25) is 11.8 Å². The van der Waals surface area contributed by atoms with Crippen LogP contribution in [0.25, 0.3) is 0 Å². The maximum absolute atomic E-state index is 12.8. The Morgan fingerprint density at radius 2 is 1.80 bits per heavy atom. The smallest absolute Gasteiger partial charge is 0.290 e. The third-order valence-electron chi connectivity index (χ3n) is 5.91. The summed E-state index contributed by atoms with van der Waals surface area (Å²) in [5.41, 5.74) is 0.227. The van der Waals surface area contributed by atoms with E-state index in [0.29, 0.717) is 49.7 Å². The van der Waals surface area contributed by atoms with E-state index >= 15 is 0 Å². The summed E-state index contributed by atoms with van der Waals surface area (Å²) in [6.45, 7) is 7.10. The highest BCUT2D eigenvalue weighted by Crippen LogP contribution is 2.42. The second-order valence-corrected chi connectivity index (χ2v) is 8.01. The fourth-order valence-corrected chi connectivity index (χ4v) is 4.38. The Hall–Kier alpha value is -2.75. The Morgan fingerprint density at radius 1 is 1.23 bits per heavy atom. The second kappa shape index (κ2) is 9.84. The van der Waals surface area contributed by atoms with Crippen LogP contribution in [0, 0.1) is 25.2 Å². The van der Waals surface area contributed by atoms with E-state index in [-0.39, 0.29) is 42.8 Å². The van der Waals surface area contributed by atoms with Gasteiger partial charge in [-0.15, -0.1) is 0 Å². The van der Waals surface area contributed by atoms with Crippen LogP contribution in [0.1, 0.15) is 36.8 Å². The molecule has 2 saturated heterocycles. The molecule has 10 nitrogen and oxygen atoms in total. The number of nitrogens with zero attached hydrogens (tertiary/aromatic N) is 3. The van der Waals surface area contributed by atoms with Crippen LogP contribution in [0.4, 0.5) is 0 Å². The monoisotopic (exact) mass is 422 g/mol. The van der Waals surface area contributed by atoms with Gasteiger partial charge in [-0.3, -0.25) is 19.2 Å². The van der Waals surface area contributed by atoms with Crippen LogP contribution in [0.3, 0.4) is 0 Å². The maximum Gasteiger partial charge on any atom is 0.290 e. The number of aryl methyl sites for hydroxylation is 2. The largest absolute Gasteiger partial charge is 0.483 e. The van der Waals surface area contributed by atoms with Crippen molar-refractivity contribution in [2.75, 3.05) is 32.8 Å². The molecule has 2 fully saturated rings. The minimum atomic E-state index is -0.452. The lowest BCUT2D eigenvalue weighted by molar-refractivity contribution is -0.132. The fourth-order valence-electron chi connectivity index (χ4n) is 4.38. The van der Waals surface area contributed by atoms with Crippen molar-refractivity contribution in [3.8, 4) is 0 Å². The number of aliphatic hydroxyl groups is 1. The maximum atomic E-state index is 12.8. The molecule has 166 valence electrons. The van der Waals surface area contributed by atoms with E-state index < -0.39 is 5.41 Å². The first-order valence-corrected chi connectivity index (χ1v) is 10.0. The number of likely N-dealkylation sites (tertiary alicyclic amines) is 2. The number of aliphatic hydroxyl groups excluding tert-OH is 1. The molecule has 2 aliphatic rings. The van der Waals surface area contributed by atoms with Gasteiger partial charge < -0.3 is 25.0 Å². The van der Waals surface area contributed by atoms with Gasteiger partial charge in [0.15, 0.2) is 0 Å². The molecular formula is C20H30N4O6. The van der Waals surface area contributed by atoms with Crippen molar-refractivity contribution in [3.05, 3.63) is 27.4 Å². The van der Waals surface area contributed by atoms with Gasteiger partial charge in [-0.05, 0) is 20.3 Å². The van der Waals surface area contributed by atoms with Crippen LogP contribution in [0.15, 0.2) is 4.79 Å². The summed E-state index contributed by atoms with van der Waals surface area (Å²) >= 11 is 0. The summed E-state index contributed by atoms with van der Waals surface area (Å²) in [5, 5.41) is 16.9. The Kier molecular flexibility index (Phi) is 7.71. The average molecular weight is 422 g/mol. The van der Waals surface area contributed by atoms with Crippen molar-refractivity contribution in [2.24, 2.45) is 11.3 Å². The van der Waals surface area contributed by atoms with Crippen molar-refractivity contribution in [2.45, 2.75) is 40.0 Å². The quantitative estimate of drug-likeness (QED) is 0.553. The minimum Gasteiger partial charge on any atom is -0.483 e. The highest BCUT2D eigenvalue weighted by atomic mass is 16.3. The molecule has 0 aromatic carbocycles. The molecule has 10 heteroatoms. The van der Waals surface area contributed by atoms with Gasteiger partial charge in [0.25, 0.3) is 12.0 Å². The van der Waals surface area contributed by atoms with Gasteiger partial charge in [0.05, 0.1) is 13.0 Å². The first kappa shape index (κ1) is 23.5. The number of aromatic amines is 1. The standard InChI is InChI=1S/C19H28N4O4.CH2O2/c1-4-5-16(25)22-7-14-8-23(10-19(14,9-22)11-24)17(26)6-15-12(2)20-13(3)21-18(15)27;2-1-3/h14,24H,4-11H2,1-3H3,(H,20,21,27);1H,(H,2,3)/t14-,19+;/m1./s1. The van der Waals surface area contributed by atoms with Gasteiger partial charge >= 0.3 is 0 Å². The van der Waals surface area contributed by atoms with E-state index in [0.717, 1.165) is 6.42 Å². The second-order valence-electron chi connectivity index (χ2n) is 8.01. The molecule has 2 aliphatic heterocycles. The zero-order valence-electron chi connectivity index (χ0n) is 17.7. The molecule has 1 aromatic heterocycles. The SMILES string of the molecule is CCCC(=O)N1C[C@@H]2CN(C(=O)Cc3c(C)nc(C)[nH]c3=O)C[C@]2(CO)C1.O=CO. The van der Waals surface area contributed by atoms with Crippen LogP contribution >= 0.6 is 0 Å². The van der Waals surface area contributed by atoms with E-state index in [1.807, 2.05) is 11.8 Å². The number of fused-ring (bicyclic) bond motifs is 1. The molecule has 1 aromatic rings. The van der Waals surface area contributed by atoms with E-state index in [9.17, 15) is 19.5 Å². The predicted octanol–water partition coefficient (Wildman–Crippen LogP) is -0.291. The summed E-state index contributed by atoms with van der Waals surface area (Å²) in [7, 11) is 0. The van der Waals surface area contributed by atoms with Gasteiger partial charge in [-0.2, -0.15) is 0 Å². The number of H-pyrrole nitrogens is 1. The summed E-state index contributed by atoms with van der Waals surface area (Å²) in [6.07, 6.45) is 1.32. The summed E-state index contributed by atoms with van der Waals surface area (Å²) in [5.74, 6) is 0.580. The van der Waals surface area contributed by atoms with E-state index in [1.54, 1.807) is 18.7 Å². The zero-order valence-corrected chi connectivity index (χ0v) is 17.7. The molecule has 2 amide bonds. The third-order valence-corrected chi connectivity index (χ3v) is 5.91. The number of carboxylic acid groups (broad SMARTS) is 1. The lowest BCUT2D eigenvalue weighted by Crippen LogP contribution is -2.41. The van der Waals surface area contributed by atoms with Crippen molar-refractivity contribution < 1.29 is 24.6 Å². The third kappa shape index (κ3) is 4.86. The fraction of sp³-hybridized carbons (Fsp3) is 0.650. The zero-order chi connectivity index (χ0) is 22.5. The molecular weight excluding hydrogens is 392 g/mol. The lowest BCUT2D eigenvalue weighted by Gasteiger charge is -2.27. The van der Waals surface area contributed by atoms with Crippen molar-refractivity contribution >= 4 is 18.3 Å².